The van der Waals surface area contributed by atoms with E-state index in [9.17, 15) is 9.59 Å². The van der Waals surface area contributed by atoms with Gasteiger partial charge in [-0.25, -0.2) is 4.79 Å². The van der Waals surface area contributed by atoms with Crippen LogP contribution in [0.5, 0.6) is 5.75 Å². The molecule has 1 N–H and O–H groups in total. The number of carbonyl (C=O) groups excluding carboxylic acids is 2. The first-order chi connectivity index (χ1) is 12.0. The Morgan fingerprint density at radius 1 is 1.20 bits per heavy atom. The molecule has 0 bridgehead atoms. The molecule has 0 saturated carbocycles. The van der Waals surface area contributed by atoms with E-state index in [1.54, 1.807) is 36.4 Å². The Kier molecular flexibility index (Phi) is 5.24. The third-order valence-corrected chi connectivity index (χ3v) is 4.43. The van der Waals surface area contributed by atoms with Crippen LogP contribution in [0.3, 0.4) is 0 Å². The van der Waals surface area contributed by atoms with Crippen LogP contribution >= 0.6 is 11.6 Å². The zero-order valence-electron chi connectivity index (χ0n) is 13.9. The molecule has 1 unspecified atom stereocenters. The van der Waals surface area contributed by atoms with E-state index in [0.717, 1.165) is 12.0 Å². The molecule has 5 nitrogen and oxygen atoms in total. The van der Waals surface area contributed by atoms with E-state index in [1.165, 1.54) is 4.90 Å². The summed E-state index contributed by atoms with van der Waals surface area (Å²) >= 11 is 5.99. The van der Waals surface area contributed by atoms with Gasteiger partial charge in [0.05, 0.1) is 0 Å². The van der Waals surface area contributed by atoms with Crippen LogP contribution in [-0.4, -0.2) is 29.5 Å². The van der Waals surface area contributed by atoms with Gasteiger partial charge in [0.1, 0.15) is 11.8 Å². The minimum atomic E-state index is -0.547. The number of anilines is 1. The second-order valence-corrected chi connectivity index (χ2v) is 6.42. The van der Waals surface area contributed by atoms with Crippen molar-refractivity contribution in [3.63, 3.8) is 0 Å². The minimum Gasteiger partial charge on any atom is -0.410 e. The van der Waals surface area contributed by atoms with Gasteiger partial charge in [-0.15, -0.1) is 0 Å². The predicted octanol–water partition coefficient (Wildman–Crippen LogP) is 4.25. The number of aryl methyl sites for hydroxylation is 1. The molecule has 2 aromatic rings. The average molecular weight is 359 g/mol. The molecule has 6 heteroatoms. The van der Waals surface area contributed by atoms with Gasteiger partial charge in [0, 0.05) is 17.3 Å². The van der Waals surface area contributed by atoms with Gasteiger partial charge in [-0.2, -0.15) is 0 Å². The summed E-state index contributed by atoms with van der Waals surface area (Å²) in [5.41, 5.74) is 1.56. The fraction of sp³-hybridized carbons (Fsp3) is 0.263. The van der Waals surface area contributed by atoms with Gasteiger partial charge in [0.25, 0.3) is 0 Å². The Labute approximate surface area is 151 Å². The standard InChI is InChI=1S/C19H19ClN2O3/c1-13-9-10-14(20)12-16(13)21-18(23)17-8-5-11-22(17)19(24)25-15-6-3-2-4-7-15/h2-4,6-7,9-10,12,17H,5,8,11H2,1H3,(H,21,23). The Morgan fingerprint density at radius 2 is 1.96 bits per heavy atom. The van der Waals surface area contributed by atoms with E-state index in [-0.39, 0.29) is 5.91 Å². The summed E-state index contributed by atoms with van der Waals surface area (Å²) in [5, 5.41) is 3.42. The smallest absolute Gasteiger partial charge is 0.410 e. The molecule has 1 fully saturated rings. The van der Waals surface area contributed by atoms with E-state index >= 15 is 0 Å². The average Bonchev–Trinajstić information content (AvgIpc) is 3.09. The first-order valence-electron chi connectivity index (χ1n) is 8.15. The first-order valence-corrected chi connectivity index (χ1v) is 8.53. The molecular weight excluding hydrogens is 340 g/mol. The van der Waals surface area contributed by atoms with Gasteiger partial charge in [-0.3, -0.25) is 9.69 Å². The van der Waals surface area contributed by atoms with Crippen LogP contribution in [-0.2, 0) is 4.79 Å². The summed E-state index contributed by atoms with van der Waals surface area (Å²) in [6.45, 7) is 2.39. The van der Waals surface area contributed by atoms with Gasteiger partial charge >= 0.3 is 6.09 Å². The van der Waals surface area contributed by atoms with Crippen LogP contribution < -0.4 is 10.1 Å². The van der Waals surface area contributed by atoms with Gasteiger partial charge in [0.2, 0.25) is 5.91 Å². The number of amides is 2. The summed E-state index contributed by atoms with van der Waals surface area (Å²) in [5.74, 6) is 0.233. The number of hydrogen-bond acceptors (Lipinski definition) is 3. The van der Waals surface area contributed by atoms with Crippen molar-refractivity contribution >= 4 is 29.3 Å². The van der Waals surface area contributed by atoms with E-state index in [2.05, 4.69) is 5.32 Å². The monoisotopic (exact) mass is 358 g/mol. The molecular formula is C19H19ClN2O3. The third-order valence-electron chi connectivity index (χ3n) is 4.20. The maximum absolute atomic E-state index is 12.6. The molecule has 1 aliphatic heterocycles. The van der Waals surface area contributed by atoms with Crippen LogP contribution in [0.2, 0.25) is 5.02 Å². The molecule has 1 aliphatic rings. The normalized spacial score (nSPS) is 16.6. The summed E-state index contributed by atoms with van der Waals surface area (Å²) < 4.78 is 5.36. The summed E-state index contributed by atoms with van der Waals surface area (Å²) in [7, 11) is 0. The van der Waals surface area contributed by atoms with Crippen LogP contribution in [0.25, 0.3) is 0 Å². The number of benzene rings is 2. The van der Waals surface area contributed by atoms with Crippen molar-refractivity contribution in [1.29, 1.82) is 0 Å². The van der Waals surface area contributed by atoms with Gasteiger partial charge < -0.3 is 10.1 Å². The molecule has 2 aromatic carbocycles. The fourth-order valence-corrected chi connectivity index (χ4v) is 3.02. The predicted molar refractivity (Wildman–Crippen MR) is 97.0 cm³/mol. The largest absolute Gasteiger partial charge is 0.415 e. The summed E-state index contributed by atoms with van der Waals surface area (Å²) in [6, 6.07) is 13.6. The van der Waals surface area contributed by atoms with Crippen molar-refractivity contribution in [2.75, 3.05) is 11.9 Å². The second-order valence-electron chi connectivity index (χ2n) is 5.98. The van der Waals surface area contributed by atoms with Crippen molar-refractivity contribution in [2.45, 2.75) is 25.8 Å². The lowest BCUT2D eigenvalue weighted by Crippen LogP contribution is -2.44. The summed E-state index contributed by atoms with van der Waals surface area (Å²) in [6.07, 6.45) is 0.859. The lowest BCUT2D eigenvalue weighted by Gasteiger charge is -2.23. The SMILES string of the molecule is Cc1ccc(Cl)cc1NC(=O)C1CCCN1C(=O)Oc1ccccc1. The molecule has 130 valence electrons. The first kappa shape index (κ1) is 17.3. The Balaban J connectivity index is 1.69. The van der Waals surface area contributed by atoms with Gasteiger partial charge in [-0.1, -0.05) is 35.9 Å². The number of carbonyl (C=O) groups is 2. The number of nitrogens with zero attached hydrogens (tertiary/aromatic N) is 1. The molecule has 0 aliphatic carbocycles. The molecule has 25 heavy (non-hydrogen) atoms. The second kappa shape index (κ2) is 7.57. The summed E-state index contributed by atoms with van der Waals surface area (Å²) in [4.78, 5) is 26.5. The molecule has 1 heterocycles. The van der Waals surface area contributed by atoms with E-state index < -0.39 is 12.1 Å². The fourth-order valence-electron chi connectivity index (χ4n) is 2.85. The highest BCUT2D eigenvalue weighted by atomic mass is 35.5. The topological polar surface area (TPSA) is 58.6 Å². The highest BCUT2D eigenvalue weighted by Gasteiger charge is 2.35. The van der Waals surface area contributed by atoms with E-state index in [1.807, 2.05) is 19.1 Å². The molecule has 1 saturated heterocycles. The van der Waals surface area contributed by atoms with E-state index in [4.69, 9.17) is 16.3 Å². The third kappa shape index (κ3) is 4.12. The minimum absolute atomic E-state index is 0.229. The molecule has 2 amide bonds. The van der Waals surface area contributed by atoms with Crippen molar-refractivity contribution in [3.8, 4) is 5.75 Å². The van der Waals surface area contributed by atoms with Crippen molar-refractivity contribution in [1.82, 2.24) is 4.90 Å². The van der Waals surface area contributed by atoms with Crippen molar-refractivity contribution in [3.05, 3.63) is 59.1 Å². The number of rotatable bonds is 3. The van der Waals surface area contributed by atoms with E-state index in [0.29, 0.717) is 29.4 Å². The van der Waals surface area contributed by atoms with Crippen LogP contribution in [0.15, 0.2) is 48.5 Å². The molecule has 3 rings (SSSR count). The quantitative estimate of drug-likeness (QED) is 0.892. The number of ether oxygens (including phenoxy) is 1. The van der Waals surface area contributed by atoms with Crippen molar-refractivity contribution in [2.24, 2.45) is 0 Å². The Hall–Kier alpha value is -2.53. The maximum atomic E-state index is 12.6. The Bertz CT molecular complexity index is 779. The van der Waals surface area contributed by atoms with Crippen LogP contribution in [0.4, 0.5) is 10.5 Å². The lowest BCUT2D eigenvalue weighted by molar-refractivity contribution is -0.119. The molecule has 1 atom stereocenters. The number of para-hydroxylation sites is 1. The lowest BCUT2D eigenvalue weighted by atomic mass is 10.1. The highest BCUT2D eigenvalue weighted by Crippen LogP contribution is 2.24. The number of nitrogens with one attached hydrogen (secondary N) is 1. The molecule has 0 aromatic heterocycles. The van der Waals surface area contributed by atoms with Crippen LogP contribution in [0, 0.1) is 6.92 Å². The zero-order valence-corrected chi connectivity index (χ0v) is 14.6. The van der Waals surface area contributed by atoms with Gasteiger partial charge in [0.15, 0.2) is 0 Å². The number of likely N-dealkylation sites (tertiary alicyclic amines) is 1. The van der Waals surface area contributed by atoms with Gasteiger partial charge in [-0.05, 0) is 49.6 Å². The zero-order chi connectivity index (χ0) is 17.8. The number of hydrogen-bond donors (Lipinski definition) is 1. The number of halogens is 1. The van der Waals surface area contributed by atoms with Crippen LogP contribution in [0.1, 0.15) is 18.4 Å². The molecule has 0 radical (unpaired) electrons. The maximum Gasteiger partial charge on any atom is 0.415 e. The van der Waals surface area contributed by atoms with Crippen molar-refractivity contribution < 1.29 is 14.3 Å². The Morgan fingerprint density at radius 3 is 2.72 bits per heavy atom. The molecule has 0 spiro atoms. The highest BCUT2D eigenvalue weighted by molar-refractivity contribution is 6.31.